The van der Waals surface area contributed by atoms with Crippen LogP contribution in [-0.2, 0) is 0 Å². The summed E-state index contributed by atoms with van der Waals surface area (Å²) < 4.78 is 5.75. The molecule has 0 aliphatic heterocycles. The number of ether oxygens (including phenoxy) is 1. The van der Waals surface area contributed by atoms with E-state index in [0.717, 1.165) is 25.7 Å². The van der Waals surface area contributed by atoms with Crippen LogP contribution in [0.4, 0.5) is 5.69 Å². The molecule has 0 aromatic heterocycles. The number of nitrogens with one attached hydrogen (secondary N) is 1. The van der Waals surface area contributed by atoms with Crippen molar-refractivity contribution in [3.63, 3.8) is 0 Å². The first-order chi connectivity index (χ1) is 10.0. The second-order valence-corrected chi connectivity index (χ2v) is 5.17. The van der Waals surface area contributed by atoms with Gasteiger partial charge in [0.15, 0.2) is 5.75 Å². The van der Waals surface area contributed by atoms with Crippen molar-refractivity contribution >= 4 is 11.6 Å². The van der Waals surface area contributed by atoms with Gasteiger partial charge in [-0.2, -0.15) is 0 Å². The monoisotopic (exact) mass is 293 g/mol. The zero-order valence-corrected chi connectivity index (χ0v) is 11.9. The molecule has 21 heavy (non-hydrogen) atoms. The van der Waals surface area contributed by atoms with Crippen LogP contribution in [0.25, 0.3) is 0 Å². The number of nitro groups is 1. The summed E-state index contributed by atoms with van der Waals surface area (Å²) in [4.78, 5) is 22.2. The summed E-state index contributed by atoms with van der Waals surface area (Å²) in [5, 5.41) is 13.6. The number of benzene rings is 1. The highest BCUT2D eigenvalue weighted by Crippen LogP contribution is 2.31. The summed E-state index contributed by atoms with van der Waals surface area (Å²) in [5.41, 5.74) is 6.04. The van der Waals surface area contributed by atoms with Crippen LogP contribution in [0.5, 0.6) is 5.75 Å². The summed E-state index contributed by atoms with van der Waals surface area (Å²) in [6, 6.07) is 4.32. The Morgan fingerprint density at radius 1 is 1.38 bits per heavy atom. The second-order valence-electron chi connectivity index (χ2n) is 5.17. The maximum absolute atomic E-state index is 11.6. The number of nitrogens with two attached hydrogens (primary N) is 1. The lowest BCUT2D eigenvalue weighted by Crippen LogP contribution is -2.31. The van der Waals surface area contributed by atoms with E-state index in [4.69, 9.17) is 10.5 Å². The fourth-order valence-electron chi connectivity index (χ4n) is 2.43. The Hall–Kier alpha value is -2.15. The number of rotatable bonds is 4. The zero-order valence-electron chi connectivity index (χ0n) is 11.9. The quantitative estimate of drug-likeness (QED) is 0.647. The summed E-state index contributed by atoms with van der Waals surface area (Å²) >= 11 is 0. The molecule has 1 amide bonds. The molecule has 0 spiro atoms. The summed E-state index contributed by atoms with van der Waals surface area (Å²) in [6.45, 7) is 0. The average molecular weight is 293 g/mol. The average Bonchev–Trinajstić information content (AvgIpc) is 2.48. The van der Waals surface area contributed by atoms with Crippen LogP contribution in [0.3, 0.4) is 0 Å². The molecule has 7 nitrogen and oxygen atoms in total. The van der Waals surface area contributed by atoms with Crippen molar-refractivity contribution in [2.75, 3.05) is 7.05 Å². The minimum absolute atomic E-state index is 0.0940. The van der Waals surface area contributed by atoms with Crippen LogP contribution in [-0.4, -0.2) is 30.0 Å². The summed E-state index contributed by atoms with van der Waals surface area (Å²) in [6.07, 6.45) is 3.12. The van der Waals surface area contributed by atoms with E-state index in [0.29, 0.717) is 5.56 Å². The Balaban J connectivity index is 2.22. The van der Waals surface area contributed by atoms with Crippen molar-refractivity contribution < 1.29 is 14.5 Å². The lowest BCUT2D eigenvalue weighted by Gasteiger charge is -2.26. The molecule has 1 aromatic carbocycles. The highest BCUT2D eigenvalue weighted by molar-refractivity contribution is 5.94. The third kappa shape index (κ3) is 3.69. The first-order valence-electron chi connectivity index (χ1n) is 6.94. The predicted molar refractivity (Wildman–Crippen MR) is 77.3 cm³/mol. The minimum atomic E-state index is -0.502. The zero-order chi connectivity index (χ0) is 15.4. The van der Waals surface area contributed by atoms with Crippen molar-refractivity contribution in [1.82, 2.24) is 5.32 Å². The number of carbonyl (C=O) groups is 1. The first kappa shape index (κ1) is 15.2. The molecule has 1 fully saturated rings. The maximum atomic E-state index is 11.6. The van der Waals surface area contributed by atoms with Crippen molar-refractivity contribution in [2.24, 2.45) is 5.73 Å². The fourth-order valence-corrected chi connectivity index (χ4v) is 2.43. The lowest BCUT2D eigenvalue weighted by molar-refractivity contribution is -0.386. The van der Waals surface area contributed by atoms with Crippen LogP contribution in [0.1, 0.15) is 36.0 Å². The SMILES string of the molecule is CNC(=O)c1ccc([N+](=O)[O-])c(OC2CCC(N)CC2)c1. The number of hydrogen-bond acceptors (Lipinski definition) is 5. The predicted octanol–water partition coefficient (Wildman–Crippen LogP) is 1.60. The van der Waals surface area contributed by atoms with Gasteiger partial charge in [0.2, 0.25) is 0 Å². The third-order valence-electron chi connectivity index (χ3n) is 3.66. The van der Waals surface area contributed by atoms with E-state index in [2.05, 4.69) is 5.32 Å². The van der Waals surface area contributed by atoms with Gasteiger partial charge in [0.25, 0.3) is 5.91 Å². The van der Waals surface area contributed by atoms with E-state index in [9.17, 15) is 14.9 Å². The maximum Gasteiger partial charge on any atom is 0.310 e. The highest BCUT2D eigenvalue weighted by Gasteiger charge is 2.24. The molecule has 1 aliphatic rings. The van der Waals surface area contributed by atoms with Gasteiger partial charge in [-0.3, -0.25) is 14.9 Å². The Labute approximate surface area is 122 Å². The molecule has 1 aliphatic carbocycles. The van der Waals surface area contributed by atoms with Crippen LogP contribution in [0, 0.1) is 10.1 Å². The topological polar surface area (TPSA) is 107 Å². The molecule has 1 aromatic rings. The van der Waals surface area contributed by atoms with Crippen molar-refractivity contribution in [3.8, 4) is 5.75 Å². The molecule has 7 heteroatoms. The summed E-state index contributed by atoms with van der Waals surface area (Å²) in [7, 11) is 1.51. The van der Waals surface area contributed by atoms with Gasteiger partial charge in [-0.05, 0) is 31.7 Å². The van der Waals surface area contributed by atoms with E-state index < -0.39 is 4.92 Å². The van der Waals surface area contributed by atoms with Crippen LogP contribution < -0.4 is 15.8 Å². The highest BCUT2D eigenvalue weighted by atomic mass is 16.6. The van der Waals surface area contributed by atoms with E-state index in [-0.39, 0.29) is 29.5 Å². The Kier molecular flexibility index (Phi) is 4.74. The fraction of sp³-hybridized carbons (Fsp3) is 0.500. The Morgan fingerprint density at radius 2 is 2.05 bits per heavy atom. The third-order valence-corrected chi connectivity index (χ3v) is 3.66. The van der Waals surface area contributed by atoms with Crippen molar-refractivity contribution in [3.05, 3.63) is 33.9 Å². The standard InChI is InChI=1S/C14H19N3O4/c1-16-14(18)9-2-7-12(17(19)20)13(8-9)21-11-5-3-10(15)4-6-11/h2,7-8,10-11H,3-6,15H2,1H3,(H,16,18). The molecule has 114 valence electrons. The molecule has 0 unspecified atom stereocenters. The van der Waals surface area contributed by atoms with Crippen LogP contribution in [0.15, 0.2) is 18.2 Å². The Bertz CT molecular complexity index is 539. The second kappa shape index (κ2) is 6.53. The molecule has 0 heterocycles. The van der Waals surface area contributed by atoms with Gasteiger partial charge in [0.05, 0.1) is 11.0 Å². The molecular formula is C14H19N3O4. The molecule has 0 bridgehead atoms. The molecule has 2 rings (SSSR count). The Morgan fingerprint density at radius 3 is 2.62 bits per heavy atom. The summed E-state index contributed by atoms with van der Waals surface area (Å²) in [5.74, 6) is -0.165. The first-order valence-corrected chi connectivity index (χ1v) is 6.94. The van der Waals surface area contributed by atoms with E-state index in [1.807, 2.05) is 0 Å². The molecule has 0 saturated heterocycles. The van der Waals surface area contributed by atoms with E-state index in [1.54, 1.807) is 0 Å². The number of nitro benzene ring substituents is 1. The number of amides is 1. The van der Waals surface area contributed by atoms with E-state index >= 15 is 0 Å². The number of hydrogen-bond donors (Lipinski definition) is 2. The van der Waals surface area contributed by atoms with Gasteiger partial charge < -0.3 is 15.8 Å². The lowest BCUT2D eigenvalue weighted by atomic mass is 9.93. The van der Waals surface area contributed by atoms with Gasteiger partial charge in [-0.15, -0.1) is 0 Å². The largest absolute Gasteiger partial charge is 0.483 e. The van der Waals surface area contributed by atoms with Gasteiger partial charge >= 0.3 is 5.69 Å². The normalized spacial score (nSPS) is 21.6. The van der Waals surface area contributed by atoms with E-state index in [1.165, 1.54) is 25.2 Å². The smallest absolute Gasteiger partial charge is 0.310 e. The molecule has 0 radical (unpaired) electrons. The molecule has 3 N–H and O–H groups in total. The molecular weight excluding hydrogens is 274 g/mol. The van der Waals surface area contributed by atoms with Crippen molar-refractivity contribution in [2.45, 2.75) is 37.8 Å². The van der Waals surface area contributed by atoms with Crippen LogP contribution >= 0.6 is 0 Å². The number of carbonyl (C=O) groups excluding carboxylic acids is 1. The molecule has 0 atom stereocenters. The number of nitrogens with zero attached hydrogens (tertiary/aromatic N) is 1. The van der Waals surface area contributed by atoms with Gasteiger partial charge in [-0.1, -0.05) is 0 Å². The molecule has 1 saturated carbocycles. The van der Waals surface area contributed by atoms with Gasteiger partial charge in [0, 0.05) is 30.8 Å². The van der Waals surface area contributed by atoms with Crippen molar-refractivity contribution in [1.29, 1.82) is 0 Å². The van der Waals surface area contributed by atoms with Crippen LogP contribution in [0.2, 0.25) is 0 Å². The van der Waals surface area contributed by atoms with Gasteiger partial charge in [0.1, 0.15) is 0 Å². The van der Waals surface area contributed by atoms with Gasteiger partial charge in [-0.25, -0.2) is 0 Å². The minimum Gasteiger partial charge on any atom is -0.483 e.